The van der Waals surface area contributed by atoms with Crippen LogP contribution in [0.1, 0.15) is 16.7 Å². The van der Waals surface area contributed by atoms with Gasteiger partial charge in [-0.25, -0.2) is 4.68 Å². The number of hydrogen-bond donors (Lipinski definition) is 2. The normalized spacial score (nSPS) is 10.6. The van der Waals surface area contributed by atoms with Gasteiger partial charge in [-0.1, -0.05) is 23.7 Å². The first-order chi connectivity index (χ1) is 9.86. The maximum absolute atomic E-state index is 12.1. The molecule has 0 saturated carbocycles. The van der Waals surface area contributed by atoms with Gasteiger partial charge in [-0.05, 0) is 24.1 Å². The summed E-state index contributed by atoms with van der Waals surface area (Å²) in [5, 5.41) is 11.6. The van der Waals surface area contributed by atoms with E-state index in [1.807, 2.05) is 13.0 Å². The number of carbonyl (C=O) groups is 1. The van der Waals surface area contributed by atoms with E-state index in [0.29, 0.717) is 10.6 Å². The third kappa shape index (κ3) is 3.61. The Morgan fingerprint density at radius 3 is 2.62 bits per heavy atom. The summed E-state index contributed by atoms with van der Waals surface area (Å²) in [6, 6.07) is 6.35. The number of hydrogen-bond acceptors (Lipinski definition) is 3. The molecule has 0 saturated heterocycles. The van der Waals surface area contributed by atoms with Gasteiger partial charge in [-0.2, -0.15) is 0 Å². The molecule has 0 radical (unpaired) electrons. The van der Waals surface area contributed by atoms with Crippen molar-refractivity contribution >= 4 is 17.6 Å². The monoisotopic (exact) mass is 308 g/mol. The number of carboxylic acid groups (broad SMARTS) is 1. The Morgan fingerprint density at radius 1 is 1.29 bits per heavy atom. The van der Waals surface area contributed by atoms with Gasteiger partial charge in [0.25, 0.3) is 11.1 Å². The molecule has 0 atom stereocenters. The summed E-state index contributed by atoms with van der Waals surface area (Å²) >= 11 is 6.09. The number of aliphatic carboxylic acids is 1. The second-order valence-corrected chi connectivity index (χ2v) is 5.11. The van der Waals surface area contributed by atoms with Crippen molar-refractivity contribution in [3.8, 4) is 0 Å². The first kappa shape index (κ1) is 15.1. The van der Waals surface area contributed by atoms with E-state index in [9.17, 15) is 14.4 Å². The molecule has 0 aliphatic heterocycles. The van der Waals surface area contributed by atoms with Gasteiger partial charge in [0, 0.05) is 16.7 Å². The summed E-state index contributed by atoms with van der Waals surface area (Å²) in [7, 11) is 0. The predicted octanol–water partition coefficient (Wildman–Crippen LogP) is 1.17. The number of rotatable bonds is 4. The van der Waals surface area contributed by atoms with Crippen LogP contribution in [0.5, 0.6) is 0 Å². The van der Waals surface area contributed by atoms with E-state index in [4.69, 9.17) is 16.7 Å². The van der Waals surface area contributed by atoms with E-state index in [-0.39, 0.29) is 12.1 Å². The highest BCUT2D eigenvalue weighted by Crippen LogP contribution is 2.17. The lowest BCUT2D eigenvalue weighted by molar-refractivity contribution is -0.136. The van der Waals surface area contributed by atoms with Crippen LogP contribution in [0.4, 0.5) is 0 Å². The number of nitrogens with zero attached hydrogens (tertiary/aromatic N) is 1. The number of aromatic amines is 1. The van der Waals surface area contributed by atoms with Crippen molar-refractivity contribution < 1.29 is 9.90 Å². The molecule has 21 heavy (non-hydrogen) atoms. The number of benzene rings is 1. The molecular formula is C14H13ClN2O4. The fourth-order valence-electron chi connectivity index (χ4n) is 1.96. The number of H-pyrrole nitrogens is 1. The van der Waals surface area contributed by atoms with Gasteiger partial charge in [0.15, 0.2) is 0 Å². The highest BCUT2D eigenvalue weighted by molar-refractivity contribution is 6.31. The number of carboxylic acids is 1. The lowest BCUT2D eigenvalue weighted by Crippen LogP contribution is -2.33. The molecule has 0 unspecified atom stereocenters. The molecule has 1 heterocycles. The minimum Gasteiger partial charge on any atom is -0.481 e. The van der Waals surface area contributed by atoms with Crippen molar-refractivity contribution in [1.29, 1.82) is 0 Å². The van der Waals surface area contributed by atoms with Crippen LogP contribution < -0.4 is 11.1 Å². The molecule has 2 N–H and O–H groups in total. The molecule has 1 aromatic carbocycles. The van der Waals surface area contributed by atoms with E-state index >= 15 is 0 Å². The lowest BCUT2D eigenvalue weighted by Gasteiger charge is -2.09. The molecule has 7 heteroatoms. The van der Waals surface area contributed by atoms with E-state index in [0.717, 1.165) is 16.3 Å². The van der Waals surface area contributed by atoms with E-state index in [2.05, 4.69) is 5.10 Å². The van der Waals surface area contributed by atoms with Gasteiger partial charge < -0.3 is 5.11 Å². The molecule has 1 aromatic heterocycles. The van der Waals surface area contributed by atoms with Crippen LogP contribution in [0.2, 0.25) is 5.02 Å². The lowest BCUT2D eigenvalue weighted by atomic mass is 10.1. The zero-order chi connectivity index (χ0) is 15.6. The van der Waals surface area contributed by atoms with Gasteiger partial charge in [0.05, 0.1) is 13.0 Å². The highest BCUT2D eigenvalue weighted by atomic mass is 35.5. The van der Waals surface area contributed by atoms with Crippen molar-refractivity contribution in [3.63, 3.8) is 0 Å². The Labute approximate surface area is 124 Å². The number of halogens is 1. The molecule has 0 aliphatic carbocycles. The molecule has 0 spiro atoms. The average molecular weight is 309 g/mol. The molecule has 0 aliphatic rings. The second-order valence-electron chi connectivity index (χ2n) is 4.70. The zero-order valence-electron chi connectivity index (χ0n) is 11.2. The van der Waals surface area contributed by atoms with E-state index < -0.39 is 23.5 Å². The summed E-state index contributed by atoms with van der Waals surface area (Å²) in [4.78, 5) is 34.4. The number of aryl methyl sites for hydroxylation is 1. The highest BCUT2D eigenvalue weighted by Gasteiger charge is 2.11. The van der Waals surface area contributed by atoms with Gasteiger partial charge in [0.1, 0.15) is 0 Å². The largest absolute Gasteiger partial charge is 0.481 e. The Bertz CT molecular complexity index is 807. The van der Waals surface area contributed by atoms with Gasteiger partial charge in [-0.3, -0.25) is 19.5 Å². The summed E-state index contributed by atoms with van der Waals surface area (Å²) < 4.78 is 1.07. The Balaban J connectivity index is 2.44. The van der Waals surface area contributed by atoms with Crippen LogP contribution >= 0.6 is 11.6 Å². The van der Waals surface area contributed by atoms with E-state index in [1.165, 1.54) is 0 Å². The Hall–Kier alpha value is -2.34. The standard InChI is InChI=1S/C14H13ClN2O4/c1-8-2-3-9(11(15)4-8)7-17-14(21)10(6-13(19)20)5-12(18)16-17/h2-5H,6-7H2,1H3,(H,16,18)(H,19,20). The summed E-state index contributed by atoms with van der Waals surface area (Å²) in [6.45, 7) is 1.96. The van der Waals surface area contributed by atoms with Crippen molar-refractivity contribution in [1.82, 2.24) is 9.78 Å². The first-order valence-corrected chi connectivity index (χ1v) is 6.54. The van der Waals surface area contributed by atoms with Crippen LogP contribution in [0.15, 0.2) is 33.9 Å². The quantitative estimate of drug-likeness (QED) is 0.887. The minimum absolute atomic E-state index is 0.0607. The van der Waals surface area contributed by atoms with Gasteiger partial charge in [0.2, 0.25) is 0 Å². The SMILES string of the molecule is Cc1ccc(Cn2[nH]c(=O)cc(CC(=O)O)c2=O)c(Cl)c1. The van der Waals surface area contributed by atoms with Crippen molar-refractivity contribution in [2.45, 2.75) is 19.9 Å². The van der Waals surface area contributed by atoms with Crippen molar-refractivity contribution in [3.05, 3.63) is 66.7 Å². The fourth-order valence-corrected chi connectivity index (χ4v) is 2.26. The maximum atomic E-state index is 12.1. The smallest absolute Gasteiger partial charge is 0.308 e. The first-order valence-electron chi connectivity index (χ1n) is 6.16. The van der Waals surface area contributed by atoms with Crippen molar-refractivity contribution in [2.24, 2.45) is 0 Å². The average Bonchev–Trinajstić information content (AvgIpc) is 2.37. The minimum atomic E-state index is -1.17. The summed E-state index contributed by atoms with van der Waals surface area (Å²) in [6.07, 6.45) is -0.496. The molecular weight excluding hydrogens is 296 g/mol. The molecule has 2 rings (SSSR count). The van der Waals surface area contributed by atoms with Gasteiger partial charge >= 0.3 is 5.97 Å². The Morgan fingerprint density at radius 2 is 2.00 bits per heavy atom. The molecule has 110 valence electrons. The topological polar surface area (TPSA) is 92.2 Å². The van der Waals surface area contributed by atoms with Crippen LogP contribution in [0, 0.1) is 6.92 Å². The second kappa shape index (κ2) is 5.97. The fraction of sp³-hybridized carbons (Fsp3) is 0.214. The number of nitrogens with one attached hydrogen (secondary N) is 1. The predicted molar refractivity (Wildman–Crippen MR) is 78.0 cm³/mol. The van der Waals surface area contributed by atoms with Crippen LogP contribution in [0.3, 0.4) is 0 Å². The van der Waals surface area contributed by atoms with E-state index in [1.54, 1.807) is 12.1 Å². The number of aromatic nitrogens is 2. The zero-order valence-corrected chi connectivity index (χ0v) is 12.0. The molecule has 0 fully saturated rings. The van der Waals surface area contributed by atoms with Crippen LogP contribution in [0.25, 0.3) is 0 Å². The third-order valence-electron chi connectivity index (χ3n) is 2.95. The molecule has 6 nitrogen and oxygen atoms in total. The Kier molecular flexibility index (Phi) is 4.28. The molecule has 2 aromatic rings. The molecule has 0 bridgehead atoms. The third-order valence-corrected chi connectivity index (χ3v) is 3.30. The van der Waals surface area contributed by atoms with Crippen LogP contribution in [-0.4, -0.2) is 20.9 Å². The maximum Gasteiger partial charge on any atom is 0.308 e. The van der Waals surface area contributed by atoms with Gasteiger partial charge in [-0.15, -0.1) is 0 Å². The van der Waals surface area contributed by atoms with Crippen molar-refractivity contribution in [2.75, 3.05) is 0 Å². The summed E-state index contributed by atoms with van der Waals surface area (Å²) in [5.74, 6) is -1.17. The van der Waals surface area contributed by atoms with Crippen LogP contribution in [-0.2, 0) is 17.8 Å². The molecule has 0 amide bonds. The summed E-state index contributed by atoms with van der Waals surface area (Å²) in [5.41, 5.74) is 0.494.